The van der Waals surface area contributed by atoms with E-state index in [1.54, 1.807) is 0 Å². The maximum absolute atomic E-state index is 4.42. The molecule has 1 saturated carbocycles. The summed E-state index contributed by atoms with van der Waals surface area (Å²) < 4.78 is 0. The largest absolute Gasteiger partial charge is 0.314 e. The zero-order chi connectivity index (χ0) is 11.4. The van der Waals surface area contributed by atoms with Crippen molar-refractivity contribution in [3.8, 4) is 0 Å². The van der Waals surface area contributed by atoms with Crippen molar-refractivity contribution < 1.29 is 0 Å². The lowest BCUT2D eigenvalue weighted by molar-refractivity contribution is 0.332. The molecule has 1 N–H and O–H groups in total. The summed E-state index contributed by atoms with van der Waals surface area (Å²) in [7, 11) is 0. The Hall–Kier alpha value is -0.890. The van der Waals surface area contributed by atoms with Gasteiger partial charge in [0.05, 0.1) is 0 Å². The summed E-state index contributed by atoms with van der Waals surface area (Å²) >= 11 is 0. The van der Waals surface area contributed by atoms with E-state index in [9.17, 15) is 0 Å². The number of aromatic nitrogens is 1. The average Bonchev–Trinajstić information content (AvgIpc) is 2.32. The summed E-state index contributed by atoms with van der Waals surface area (Å²) in [5.41, 5.74) is 2.52. The van der Waals surface area contributed by atoms with Crippen molar-refractivity contribution in [2.24, 2.45) is 0 Å². The Morgan fingerprint density at radius 2 is 2.12 bits per heavy atom. The second kappa shape index (κ2) is 5.44. The second-order valence-corrected chi connectivity index (χ2v) is 4.79. The van der Waals surface area contributed by atoms with Crippen LogP contribution in [0.1, 0.15) is 49.8 Å². The number of nitrogens with one attached hydrogen (secondary N) is 1. The fraction of sp³-hybridized carbons (Fsp3) is 0.643. The van der Waals surface area contributed by atoms with Gasteiger partial charge in [-0.15, -0.1) is 0 Å². The molecule has 1 heterocycles. The molecule has 1 aromatic rings. The van der Waals surface area contributed by atoms with Crippen LogP contribution in [0, 0.1) is 6.92 Å². The van der Waals surface area contributed by atoms with E-state index in [0.29, 0.717) is 12.0 Å². The monoisotopic (exact) mass is 218 g/mol. The van der Waals surface area contributed by atoms with E-state index in [-0.39, 0.29) is 0 Å². The number of pyridine rings is 1. The van der Waals surface area contributed by atoms with Crippen molar-refractivity contribution in [3.63, 3.8) is 0 Å². The molecule has 1 aliphatic rings. The molecular formula is C14H22N2. The van der Waals surface area contributed by atoms with Gasteiger partial charge in [-0.05, 0) is 37.9 Å². The number of aryl methyl sites for hydroxylation is 1. The molecule has 0 radical (unpaired) electrons. The Kier molecular flexibility index (Phi) is 3.94. The Bertz CT molecular complexity index is 316. The average molecular weight is 218 g/mol. The highest BCUT2D eigenvalue weighted by Crippen LogP contribution is 2.32. The van der Waals surface area contributed by atoms with Gasteiger partial charge in [0.25, 0.3) is 0 Å². The van der Waals surface area contributed by atoms with E-state index < -0.39 is 0 Å². The molecule has 2 atom stereocenters. The molecule has 0 spiro atoms. The topological polar surface area (TPSA) is 24.9 Å². The normalized spacial score (nSPS) is 25.6. The van der Waals surface area contributed by atoms with Gasteiger partial charge in [0.1, 0.15) is 0 Å². The van der Waals surface area contributed by atoms with Crippen LogP contribution in [0.25, 0.3) is 0 Å². The molecule has 1 fully saturated rings. The molecule has 2 unspecified atom stereocenters. The third-order valence-corrected chi connectivity index (χ3v) is 3.59. The van der Waals surface area contributed by atoms with Crippen molar-refractivity contribution in [2.75, 3.05) is 6.54 Å². The molecule has 1 aromatic heterocycles. The quantitative estimate of drug-likeness (QED) is 0.843. The zero-order valence-electron chi connectivity index (χ0n) is 10.4. The van der Waals surface area contributed by atoms with Gasteiger partial charge in [0, 0.05) is 23.9 Å². The standard InChI is InChI=1S/C14H22N2/c1-3-15-14-7-5-4-6-13(14)12-9-8-11(2)16-10-12/h8-10,13-15H,3-7H2,1-2H3. The van der Waals surface area contributed by atoms with Gasteiger partial charge in [-0.2, -0.15) is 0 Å². The van der Waals surface area contributed by atoms with Gasteiger partial charge >= 0.3 is 0 Å². The smallest absolute Gasteiger partial charge is 0.0372 e. The molecule has 16 heavy (non-hydrogen) atoms. The van der Waals surface area contributed by atoms with Gasteiger partial charge in [-0.3, -0.25) is 4.98 Å². The van der Waals surface area contributed by atoms with E-state index in [1.165, 1.54) is 31.2 Å². The Labute approximate surface area is 98.5 Å². The summed E-state index contributed by atoms with van der Waals surface area (Å²) in [4.78, 5) is 4.42. The van der Waals surface area contributed by atoms with E-state index >= 15 is 0 Å². The van der Waals surface area contributed by atoms with Crippen LogP contribution in [-0.2, 0) is 0 Å². The molecular weight excluding hydrogens is 196 g/mol. The first-order valence-corrected chi connectivity index (χ1v) is 6.47. The summed E-state index contributed by atoms with van der Waals surface area (Å²) in [5, 5.41) is 3.62. The SMILES string of the molecule is CCNC1CCCCC1c1ccc(C)nc1. The second-order valence-electron chi connectivity index (χ2n) is 4.79. The van der Waals surface area contributed by atoms with Crippen LogP contribution in [0.5, 0.6) is 0 Å². The minimum absolute atomic E-state index is 0.656. The molecule has 2 rings (SSSR count). The summed E-state index contributed by atoms with van der Waals surface area (Å²) in [5.74, 6) is 0.668. The lowest BCUT2D eigenvalue weighted by atomic mass is 9.80. The van der Waals surface area contributed by atoms with Crippen molar-refractivity contribution in [2.45, 2.75) is 51.5 Å². The third-order valence-electron chi connectivity index (χ3n) is 3.59. The molecule has 0 saturated heterocycles. The first-order valence-electron chi connectivity index (χ1n) is 6.47. The van der Waals surface area contributed by atoms with E-state index in [4.69, 9.17) is 0 Å². The van der Waals surface area contributed by atoms with E-state index in [0.717, 1.165) is 12.2 Å². The van der Waals surface area contributed by atoms with Gasteiger partial charge in [-0.1, -0.05) is 25.8 Å². The molecule has 88 valence electrons. The number of hydrogen-bond donors (Lipinski definition) is 1. The molecule has 1 aliphatic carbocycles. The molecule has 0 aliphatic heterocycles. The number of rotatable bonds is 3. The molecule has 0 amide bonds. The lowest BCUT2D eigenvalue weighted by Crippen LogP contribution is -2.37. The minimum atomic E-state index is 0.656. The van der Waals surface area contributed by atoms with Crippen LogP contribution >= 0.6 is 0 Å². The first-order chi connectivity index (χ1) is 7.81. The molecule has 0 bridgehead atoms. The van der Waals surface area contributed by atoms with Crippen LogP contribution < -0.4 is 5.32 Å². The molecule has 2 nitrogen and oxygen atoms in total. The Morgan fingerprint density at radius 1 is 1.31 bits per heavy atom. The van der Waals surface area contributed by atoms with Gasteiger partial charge in [0.15, 0.2) is 0 Å². The van der Waals surface area contributed by atoms with Crippen LogP contribution in [0.3, 0.4) is 0 Å². The van der Waals surface area contributed by atoms with Crippen LogP contribution in [0.2, 0.25) is 0 Å². The maximum atomic E-state index is 4.42. The van der Waals surface area contributed by atoms with Crippen LogP contribution in [0.15, 0.2) is 18.3 Å². The van der Waals surface area contributed by atoms with Crippen LogP contribution in [-0.4, -0.2) is 17.6 Å². The Balaban J connectivity index is 2.13. The highest BCUT2D eigenvalue weighted by Gasteiger charge is 2.25. The van der Waals surface area contributed by atoms with Gasteiger partial charge in [-0.25, -0.2) is 0 Å². The van der Waals surface area contributed by atoms with Crippen molar-refractivity contribution in [1.29, 1.82) is 0 Å². The maximum Gasteiger partial charge on any atom is 0.0372 e. The summed E-state index contributed by atoms with van der Waals surface area (Å²) in [6, 6.07) is 5.04. The fourth-order valence-electron chi connectivity index (χ4n) is 2.73. The summed E-state index contributed by atoms with van der Waals surface area (Å²) in [6.45, 7) is 5.31. The summed E-state index contributed by atoms with van der Waals surface area (Å²) in [6.07, 6.45) is 7.42. The van der Waals surface area contributed by atoms with E-state index in [2.05, 4.69) is 35.6 Å². The van der Waals surface area contributed by atoms with E-state index in [1.807, 2.05) is 6.92 Å². The van der Waals surface area contributed by atoms with Gasteiger partial charge < -0.3 is 5.32 Å². The number of nitrogens with zero attached hydrogens (tertiary/aromatic N) is 1. The number of likely N-dealkylation sites (N-methyl/N-ethyl adjacent to an activating group) is 1. The molecule has 2 heteroatoms. The fourth-order valence-corrected chi connectivity index (χ4v) is 2.73. The van der Waals surface area contributed by atoms with Gasteiger partial charge in [0.2, 0.25) is 0 Å². The third kappa shape index (κ3) is 2.62. The predicted molar refractivity (Wildman–Crippen MR) is 67.6 cm³/mol. The Morgan fingerprint density at radius 3 is 2.81 bits per heavy atom. The zero-order valence-corrected chi connectivity index (χ0v) is 10.4. The lowest BCUT2D eigenvalue weighted by Gasteiger charge is -2.32. The van der Waals surface area contributed by atoms with Crippen molar-refractivity contribution >= 4 is 0 Å². The highest BCUT2D eigenvalue weighted by molar-refractivity contribution is 5.20. The molecule has 0 aromatic carbocycles. The van der Waals surface area contributed by atoms with Crippen LogP contribution in [0.4, 0.5) is 0 Å². The number of hydrogen-bond acceptors (Lipinski definition) is 2. The first kappa shape index (κ1) is 11.6. The minimum Gasteiger partial charge on any atom is -0.314 e. The highest BCUT2D eigenvalue weighted by atomic mass is 14.9. The van der Waals surface area contributed by atoms with Crippen molar-refractivity contribution in [1.82, 2.24) is 10.3 Å². The predicted octanol–water partition coefficient (Wildman–Crippen LogP) is 3.03. The van der Waals surface area contributed by atoms with Crippen molar-refractivity contribution in [3.05, 3.63) is 29.6 Å².